The van der Waals surface area contributed by atoms with Gasteiger partial charge >= 0.3 is 0 Å². The summed E-state index contributed by atoms with van der Waals surface area (Å²) in [5, 5.41) is 0. The Balaban J connectivity index is 1.87. The van der Waals surface area contributed by atoms with Crippen LogP contribution >= 0.6 is 0 Å². The third kappa shape index (κ3) is 2.50. The Hall–Kier alpha value is -0.980. The summed E-state index contributed by atoms with van der Waals surface area (Å²) in [6.45, 7) is 4.08. The van der Waals surface area contributed by atoms with E-state index in [1.807, 2.05) is 30.3 Å². The Morgan fingerprint density at radius 1 is 1.00 bits per heavy atom. The summed E-state index contributed by atoms with van der Waals surface area (Å²) < 4.78 is 5.88. The van der Waals surface area contributed by atoms with Crippen LogP contribution in [0.4, 0.5) is 0 Å². The number of hydrogen-bond acceptors (Lipinski definition) is 1. The van der Waals surface area contributed by atoms with Gasteiger partial charge in [-0.2, -0.15) is 0 Å². The summed E-state index contributed by atoms with van der Waals surface area (Å²) in [7, 11) is 0. The monoisotopic (exact) mass is 189 g/mol. The Kier molecular flexibility index (Phi) is 3.07. The maximum absolute atomic E-state index is 5.88. The lowest BCUT2D eigenvalue weighted by Crippen LogP contribution is -2.23. The van der Waals surface area contributed by atoms with E-state index < -0.39 is 0 Å². The van der Waals surface area contributed by atoms with Crippen molar-refractivity contribution >= 4 is 0 Å². The van der Waals surface area contributed by atoms with Gasteiger partial charge in [0.05, 0.1) is 6.10 Å². The van der Waals surface area contributed by atoms with E-state index in [-0.39, 0.29) is 0 Å². The molecule has 1 heteroatoms. The molecule has 1 saturated carbocycles. The summed E-state index contributed by atoms with van der Waals surface area (Å²) in [5.74, 6) is 1.64. The zero-order valence-corrected chi connectivity index (χ0v) is 8.49. The van der Waals surface area contributed by atoms with E-state index in [2.05, 4.69) is 6.92 Å². The number of rotatable bonds is 2. The van der Waals surface area contributed by atoms with Crippen molar-refractivity contribution in [2.45, 2.75) is 31.8 Å². The average Bonchev–Trinajstić information content (AvgIpc) is 2.23. The van der Waals surface area contributed by atoms with E-state index in [4.69, 9.17) is 4.74 Å². The Morgan fingerprint density at radius 2 is 1.64 bits per heavy atom. The van der Waals surface area contributed by atoms with Crippen LogP contribution in [-0.2, 0) is 0 Å². The first kappa shape index (κ1) is 9.57. The third-order valence-electron chi connectivity index (χ3n) is 2.84. The van der Waals surface area contributed by atoms with Crippen LogP contribution in [0.15, 0.2) is 30.3 Å². The molecule has 0 unspecified atom stereocenters. The molecule has 0 spiro atoms. The minimum absolute atomic E-state index is 0.412. The molecule has 0 amide bonds. The van der Waals surface area contributed by atoms with Gasteiger partial charge in [0.2, 0.25) is 0 Å². The lowest BCUT2D eigenvalue weighted by atomic mass is 9.89. The van der Waals surface area contributed by atoms with Gasteiger partial charge in [-0.05, 0) is 43.7 Å². The number of benzene rings is 1. The van der Waals surface area contributed by atoms with Crippen molar-refractivity contribution in [3.8, 4) is 5.75 Å². The van der Waals surface area contributed by atoms with E-state index in [0.717, 1.165) is 18.6 Å². The van der Waals surface area contributed by atoms with Crippen molar-refractivity contribution in [1.82, 2.24) is 0 Å². The van der Waals surface area contributed by atoms with Crippen LogP contribution in [0.2, 0.25) is 0 Å². The second-order valence-corrected chi connectivity index (χ2v) is 4.07. The molecule has 0 heterocycles. The molecule has 0 bridgehead atoms. The molecule has 1 fully saturated rings. The van der Waals surface area contributed by atoms with Gasteiger partial charge in [0.25, 0.3) is 0 Å². The molecule has 1 aliphatic rings. The zero-order chi connectivity index (χ0) is 9.80. The second-order valence-electron chi connectivity index (χ2n) is 4.07. The van der Waals surface area contributed by atoms with Crippen LogP contribution < -0.4 is 4.74 Å². The Labute approximate surface area is 86.1 Å². The minimum Gasteiger partial charge on any atom is -0.490 e. The highest BCUT2D eigenvalue weighted by atomic mass is 16.5. The smallest absolute Gasteiger partial charge is 0.119 e. The summed E-state index contributed by atoms with van der Waals surface area (Å²) in [5.41, 5.74) is 0. The SMILES string of the molecule is [CH2]C1CCC(Oc2ccccc2)CC1. The fourth-order valence-corrected chi connectivity index (χ4v) is 1.94. The maximum Gasteiger partial charge on any atom is 0.119 e. The largest absolute Gasteiger partial charge is 0.490 e. The second kappa shape index (κ2) is 4.50. The van der Waals surface area contributed by atoms with Crippen molar-refractivity contribution in [2.24, 2.45) is 5.92 Å². The first-order valence-corrected chi connectivity index (χ1v) is 5.39. The molecule has 75 valence electrons. The highest BCUT2D eigenvalue weighted by Crippen LogP contribution is 2.26. The molecular formula is C13H17O. The maximum atomic E-state index is 5.88. The van der Waals surface area contributed by atoms with Crippen molar-refractivity contribution in [3.63, 3.8) is 0 Å². The van der Waals surface area contributed by atoms with Crippen molar-refractivity contribution in [3.05, 3.63) is 37.3 Å². The normalized spacial score (nSPS) is 27.2. The zero-order valence-electron chi connectivity index (χ0n) is 8.49. The van der Waals surface area contributed by atoms with Crippen LogP contribution in [0.25, 0.3) is 0 Å². The average molecular weight is 189 g/mol. The Morgan fingerprint density at radius 3 is 2.29 bits per heavy atom. The van der Waals surface area contributed by atoms with E-state index >= 15 is 0 Å². The molecule has 14 heavy (non-hydrogen) atoms. The number of ether oxygens (including phenoxy) is 1. The quantitative estimate of drug-likeness (QED) is 0.692. The van der Waals surface area contributed by atoms with E-state index in [0.29, 0.717) is 12.0 Å². The molecule has 2 rings (SSSR count). The van der Waals surface area contributed by atoms with Gasteiger partial charge in [0.15, 0.2) is 0 Å². The van der Waals surface area contributed by atoms with Crippen LogP contribution in [0, 0.1) is 12.8 Å². The van der Waals surface area contributed by atoms with Gasteiger partial charge in [-0.25, -0.2) is 0 Å². The fourth-order valence-electron chi connectivity index (χ4n) is 1.94. The summed E-state index contributed by atoms with van der Waals surface area (Å²) >= 11 is 0. The first-order valence-electron chi connectivity index (χ1n) is 5.39. The van der Waals surface area contributed by atoms with Crippen LogP contribution in [0.1, 0.15) is 25.7 Å². The molecule has 0 aliphatic heterocycles. The molecule has 0 saturated heterocycles. The van der Waals surface area contributed by atoms with Crippen molar-refractivity contribution in [1.29, 1.82) is 0 Å². The van der Waals surface area contributed by atoms with Crippen LogP contribution in [-0.4, -0.2) is 6.10 Å². The van der Waals surface area contributed by atoms with Gasteiger partial charge in [0.1, 0.15) is 5.75 Å². The predicted molar refractivity (Wildman–Crippen MR) is 58.2 cm³/mol. The summed E-state index contributed by atoms with van der Waals surface area (Å²) in [6, 6.07) is 10.1. The third-order valence-corrected chi connectivity index (χ3v) is 2.84. The van der Waals surface area contributed by atoms with Crippen molar-refractivity contribution in [2.75, 3.05) is 0 Å². The summed E-state index contributed by atoms with van der Waals surface area (Å²) in [6.07, 6.45) is 5.14. The number of para-hydroxylation sites is 1. The predicted octanol–water partition coefficient (Wildman–Crippen LogP) is 3.46. The fraction of sp³-hybridized carbons (Fsp3) is 0.462. The van der Waals surface area contributed by atoms with Gasteiger partial charge in [-0.1, -0.05) is 25.1 Å². The van der Waals surface area contributed by atoms with Gasteiger partial charge in [0, 0.05) is 0 Å². The lowest BCUT2D eigenvalue weighted by molar-refractivity contribution is 0.141. The van der Waals surface area contributed by atoms with Gasteiger partial charge in [-0.15, -0.1) is 0 Å². The lowest BCUT2D eigenvalue weighted by Gasteiger charge is -2.26. The molecule has 0 aromatic heterocycles. The van der Waals surface area contributed by atoms with Crippen LogP contribution in [0.3, 0.4) is 0 Å². The van der Waals surface area contributed by atoms with Gasteiger partial charge < -0.3 is 4.74 Å². The minimum atomic E-state index is 0.412. The Bertz CT molecular complexity index is 260. The molecule has 1 aromatic carbocycles. The highest BCUT2D eigenvalue weighted by Gasteiger charge is 2.19. The van der Waals surface area contributed by atoms with Crippen molar-refractivity contribution < 1.29 is 4.74 Å². The first-order chi connectivity index (χ1) is 6.84. The van der Waals surface area contributed by atoms with Gasteiger partial charge in [-0.3, -0.25) is 0 Å². The summed E-state index contributed by atoms with van der Waals surface area (Å²) in [4.78, 5) is 0. The van der Waals surface area contributed by atoms with E-state index in [9.17, 15) is 0 Å². The van der Waals surface area contributed by atoms with E-state index in [1.54, 1.807) is 0 Å². The molecular weight excluding hydrogens is 172 g/mol. The number of hydrogen-bond donors (Lipinski definition) is 0. The molecule has 1 aliphatic carbocycles. The molecule has 1 nitrogen and oxygen atoms in total. The molecule has 0 N–H and O–H groups in total. The van der Waals surface area contributed by atoms with Crippen LogP contribution in [0.5, 0.6) is 5.75 Å². The van der Waals surface area contributed by atoms with E-state index in [1.165, 1.54) is 12.8 Å². The molecule has 1 radical (unpaired) electrons. The topological polar surface area (TPSA) is 9.23 Å². The standard InChI is InChI=1S/C13H17O/c1-11-7-9-13(10-8-11)14-12-5-3-2-4-6-12/h2-6,11,13H,1,7-10H2. The molecule has 1 aromatic rings. The highest BCUT2D eigenvalue weighted by molar-refractivity contribution is 5.21. The molecule has 0 atom stereocenters.